The summed E-state index contributed by atoms with van der Waals surface area (Å²) >= 11 is 0. The van der Waals surface area contributed by atoms with Gasteiger partial charge in [0.05, 0.1) is 32.1 Å². The second-order valence-corrected chi connectivity index (χ2v) is 10.2. The summed E-state index contributed by atoms with van der Waals surface area (Å²) in [5.74, 6) is 0.0972. The number of aryl methyl sites for hydroxylation is 2. The van der Waals surface area contributed by atoms with Crippen LogP contribution in [-0.2, 0) is 16.0 Å². The minimum Gasteiger partial charge on any atom is -0.495 e. The van der Waals surface area contributed by atoms with E-state index < -0.39 is 12.1 Å². The van der Waals surface area contributed by atoms with Gasteiger partial charge in [-0.3, -0.25) is 4.79 Å². The zero-order valence-corrected chi connectivity index (χ0v) is 22.6. The summed E-state index contributed by atoms with van der Waals surface area (Å²) in [6.07, 6.45) is 3.40. The van der Waals surface area contributed by atoms with Crippen LogP contribution in [0.25, 0.3) is 11.1 Å². The molecule has 2 atom stereocenters. The van der Waals surface area contributed by atoms with Gasteiger partial charge < -0.3 is 30.1 Å². The fourth-order valence-electron chi connectivity index (χ4n) is 5.83. The normalized spacial score (nSPS) is 17.6. The van der Waals surface area contributed by atoms with Crippen LogP contribution in [0.3, 0.4) is 0 Å². The van der Waals surface area contributed by atoms with E-state index in [4.69, 9.17) is 30.1 Å². The first-order valence-corrected chi connectivity index (χ1v) is 13.1. The van der Waals surface area contributed by atoms with Gasteiger partial charge in [-0.05, 0) is 78.8 Å². The Balaban J connectivity index is 1.44. The Labute approximate surface area is 232 Å². The van der Waals surface area contributed by atoms with Gasteiger partial charge in [-0.25, -0.2) is 4.39 Å². The van der Waals surface area contributed by atoms with Crippen LogP contribution in [0.2, 0.25) is 0 Å². The summed E-state index contributed by atoms with van der Waals surface area (Å²) in [7, 11) is 1.46. The molecule has 1 aliphatic carbocycles. The van der Waals surface area contributed by atoms with E-state index in [-0.39, 0.29) is 23.9 Å². The largest absolute Gasteiger partial charge is 0.495 e. The zero-order valence-electron chi connectivity index (χ0n) is 22.6. The SMILES string of the molecule is COC(C=N)=CC(=N)c1cc(C)c(-c2ccc(F)c3c2CCC3Oc2ccc3c(c2)OCC3CC(=O)O)c(C)c1. The number of halogens is 1. The number of hydrogen-bond donors (Lipinski definition) is 3. The van der Waals surface area contributed by atoms with Crippen LogP contribution in [0.4, 0.5) is 4.39 Å². The molecular weight excluding hydrogens is 511 g/mol. The van der Waals surface area contributed by atoms with Gasteiger partial charge in [0.15, 0.2) is 0 Å². The highest BCUT2D eigenvalue weighted by atomic mass is 19.1. The number of carboxylic acids is 1. The van der Waals surface area contributed by atoms with Crippen LogP contribution in [0.5, 0.6) is 11.5 Å². The van der Waals surface area contributed by atoms with Crippen molar-refractivity contribution in [2.75, 3.05) is 13.7 Å². The lowest BCUT2D eigenvalue weighted by Gasteiger charge is -2.19. The number of methoxy groups -OCH3 is 1. The maximum absolute atomic E-state index is 15.3. The Morgan fingerprint density at radius 1 is 1.18 bits per heavy atom. The molecule has 3 N–H and O–H groups in total. The molecule has 40 heavy (non-hydrogen) atoms. The van der Waals surface area contributed by atoms with E-state index in [1.165, 1.54) is 19.3 Å². The van der Waals surface area contributed by atoms with Crippen LogP contribution in [0.15, 0.2) is 54.3 Å². The second kappa shape index (κ2) is 11.0. The molecule has 1 heterocycles. The molecule has 2 aliphatic rings. The number of nitrogens with one attached hydrogen (secondary N) is 2. The number of aliphatic carboxylic acids is 1. The lowest BCUT2D eigenvalue weighted by Crippen LogP contribution is -2.07. The van der Waals surface area contributed by atoms with Crippen molar-refractivity contribution in [1.82, 2.24) is 0 Å². The minimum atomic E-state index is -0.867. The highest BCUT2D eigenvalue weighted by molar-refractivity contribution is 6.09. The summed E-state index contributed by atoms with van der Waals surface area (Å²) < 4.78 is 32.4. The van der Waals surface area contributed by atoms with E-state index in [1.54, 1.807) is 12.1 Å². The fourth-order valence-corrected chi connectivity index (χ4v) is 5.83. The number of hydrogen-bond acceptors (Lipinski definition) is 6. The number of allylic oxidation sites excluding steroid dienone is 2. The molecule has 0 fully saturated rings. The maximum atomic E-state index is 15.3. The smallest absolute Gasteiger partial charge is 0.304 e. The number of benzene rings is 3. The summed E-state index contributed by atoms with van der Waals surface area (Å²) in [6.45, 7) is 4.29. The number of carbonyl (C=O) groups is 1. The van der Waals surface area contributed by atoms with Crippen molar-refractivity contribution < 1.29 is 28.5 Å². The molecule has 0 spiro atoms. The van der Waals surface area contributed by atoms with E-state index >= 15 is 4.39 Å². The fraction of sp³-hybridized carbons (Fsp3) is 0.281. The Hall–Kier alpha value is -4.46. The van der Waals surface area contributed by atoms with E-state index in [2.05, 4.69) is 0 Å². The molecule has 0 amide bonds. The van der Waals surface area contributed by atoms with Crippen LogP contribution in [0, 0.1) is 30.5 Å². The van der Waals surface area contributed by atoms with Crippen molar-refractivity contribution in [3.05, 3.63) is 93.5 Å². The summed E-state index contributed by atoms with van der Waals surface area (Å²) in [5, 5.41) is 25.0. The van der Waals surface area contributed by atoms with Crippen LogP contribution >= 0.6 is 0 Å². The average molecular weight is 543 g/mol. The topological polar surface area (TPSA) is 113 Å². The van der Waals surface area contributed by atoms with Gasteiger partial charge in [-0.1, -0.05) is 12.1 Å². The van der Waals surface area contributed by atoms with Gasteiger partial charge >= 0.3 is 5.97 Å². The van der Waals surface area contributed by atoms with Crippen LogP contribution in [0.1, 0.15) is 58.2 Å². The molecule has 8 heteroatoms. The molecule has 3 aromatic carbocycles. The molecule has 1 aliphatic heterocycles. The lowest BCUT2D eigenvalue weighted by atomic mass is 9.88. The maximum Gasteiger partial charge on any atom is 0.304 e. The van der Waals surface area contributed by atoms with Gasteiger partial charge in [0, 0.05) is 34.8 Å². The first-order chi connectivity index (χ1) is 19.2. The lowest BCUT2D eigenvalue weighted by molar-refractivity contribution is -0.137. The third-order valence-electron chi connectivity index (χ3n) is 7.62. The standard InChI is InChI=1S/C32H31FN2O5/c1-17-10-19(27(35)13-22(15-34)38-3)11-18(2)31(17)24-6-8-26(33)32-25(24)7-9-28(32)40-21-4-5-23-20(12-30(36)37)16-39-29(23)14-21/h4-6,8,10-11,13-15,20,28,34-35H,7,9,12,16H2,1-3H3,(H,36,37). The number of carboxylic acid groups (broad SMARTS) is 1. The summed E-state index contributed by atoms with van der Waals surface area (Å²) in [6, 6.07) is 12.6. The monoisotopic (exact) mass is 542 g/mol. The van der Waals surface area contributed by atoms with Crippen molar-refractivity contribution >= 4 is 17.9 Å². The molecule has 3 aromatic rings. The van der Waals surface area contributed by atoms with E-state index in [0.717, 1.165) is 39.6 Å². The van der Waals surface area contributed by atoms with E-state index in [1.807, 2.05) is 38.1 Å². The van der Waals surface area contributed by atoms with Gasteiger partial charge in [0.2, 0.25) is 0 Å². The molecule has 2 unspecified atom stereocenters. The third-order valence-corrected chi connectivity index (χ3v) is 7.62. The molecule has 0 bridgehead atoms. The number of ether oxygens (including phenoxy) is 3. The number of fused-ring (bicyclic) bond motifs is 2. The Kier molecular flexibility index (Phi) is 7.43. The second-order valence-electron chi connectivity index (χ2n) is 10.2. The third kappa shape index (κ3) is 5.09. The molecule has 5 rings (SSSR count). The first kappa shape index (κ1) is 27.1. The molecule has 0 radical (unpaired) electrons. The average Bonchev–Trinajstić information content (AvgIpc) is 3.52. The zero-order chi connectivity index (χ0) is 28.6. The Morgan fingerprint density at radius 2 is 1.93 bits per heavy atom. The van der Waals surface area contributed by atoms with Crippen LogP contribution < -0.4 is 9.47 Å². The van der Waals surface area contributed by atoms with Crippen molar-refractivity contribution in [2.24, 2.45) is 0 Å². The highest BCUT2D eigenvalue weighted by Crippen LogP contribution is 2.45. The van der Waals surface area contributed by atoms with Gasteiger partial charge in [-0.2, -0.15) is 0 Å². The van der Waals surface area contributed by atoms with Crippen molar-refractivity contribution in [1.29, 1.82) is 10.8 Å². The Bertz CT molecular complexity index is 1540. The van der Waals surface area contributed by atoms with E-state index in [9.17, 15) is 4.79 Å². The van der Waals surface area contributed by atoms with Gasteiger partial charge in [0.1, 0.15) is 29.2 Å². The van der Waals surface area contributed by atoms with Crippen LogP contribution in [-0.4, -0.2) is 36.7 Å². The summed E-state index contributed by atoms with van der Waals surface area (Å²) in [4.78, 5) is 11.2. The molecular formula is C32H31FN2O5. The quantitative estimate of drug-likeness (QED) is 0.206. The van der Waals surface area contributed by atoms with Crippen molar-refractivity contribution in [3.8, 4) is 22.6 Å². The molecule has 7 nitrogen and oxygen atoms in total. The van der Waals surface area contributed by atoms with E-state index in [0.29, 0.717) is 47.8 Å². The predicted octanol–water partition coefficient (Wildman–Crippen LogP) is 6.67. The summed E-state index contributed by atoms with van der Waals surface area (Å²) in [5.41, 5.74) is 7.16. The predicted molar refractivity (Wildman–Crippen MR) is 151 cm³/mol. The highest BCUT2D eigenvalue weighted by Gasteiger charge is 2.32. The van der Waals surface area contributed by atoms with Gasteiger partial charge in [-0.15, -0.1) is 0 Å². The van der Waals surface area contributed by atoms with Crippen molar-refractivity contribution in [3.63, 3.8) is 0 Å². The minimum absolute atomic E-state index is 0.00676. The van der Waals surface area contributed by atoms with Crippen molar-refractivity contribution in [2.45, 2.75) is 45.1 Å². The molecule has 0 saturated carbocycles. The molecule has 206 valence electrons. The molecule has 0 aromatic heterocycles. The molecule has 0 saturated heterocycles. The number of rotatable bonds is 9. The first-order valence-electron chi connectivity index (χ1n) is 13.1. The Morgan fingerprint density at radius 3 is 2.60 bits per heavy atom. The van der Waals surface area contributed by atoms with Gasteiger partial charge in [0.25, 0.3) is 0 Å².